The molecule has 0 heterocycles. The highest BCUT2D eigenvalue weighted by atomic mass is 79.9. The molecular formula is C16H14BrNO2. The molecule has 0 atom stereocenters. The summed E-state index contributed by atoms with van der Waals surface area (Å²) in [5.41, 5.74) is 3.04. The third-order valence-corrected chi connectivity index (χ3v) is 3.63. The van der Waals surface area contributed by atoms with E-state index in [9.17, 15) is 10.1 Å². The number of halogens is 1. The maximum absolute atomic E-state index is 11.2. The van der Waals surface area contributed by atoms with Crippen LogP contribution in [0.5, 0.6) is 0 Å². The summed E-state index contributed by atoms with van der Waals surface area (Å²) in [6.45, 7) is 1.98. The van der Waals surface area contributed by atoms with Crippen LogP contribution < -0.4 is 0 Å². The van der Waals surface area contributed by atoms with Crippen LogP contribution >= 0.6 is 15.9 Å². The average molecular weight is 332 g/mol. The maximum Gasteiger partial charge on any atom is 0.251 e. The van der Waals surface area contributed by atoms with Gasteiger partial charge in [-0.2, -0.15) is 0 Å². The first kappa shape index (κ1) is 14.5. The smallest absolute Gasteiger partial charge is 0.251 e. The van der Waals surface area contributed by atoms with Gasteiger partial charge in [-0.05, 0) is 29.7 Å². The molecule has 2 rings (SSSR count). The van der Waals surface area contributed by atoms with Gasteiger partial charge in [0, 0.05) is 10.5 Å². The van der Waals surface area contributed by atoms with Gasteiger partial charge in [0.1, 0.15) is 0 Å². The SMILES string of the molecule is Cc1ccc(/C=C(/Cc2ccccc2)[N+](=O)[O-])c(Br)c1. The van der Waals surface area contributed by atoms with Crippen molar-refractivity contribution in [3.05, 3.63) is 85.5 Å². The molecule has 0 aliphatic heterocycles. The molecule has 0 N–H and O–H groups in total. The van der Waals surface area contributed by atoms with E-state index < -0.39 is 0 Å². The molecule has 0 spiro atoms. The van der Waals surface area contributed by atoms with Crippen molar-refractivity contribution in [3.63, 3.8) is 0 Å². The molecule has 0 aliphatic rings. The van der Waals surface area contributed by atoms with Gasteiger partial charge in [0.15, 0.2) is 0 Å². The summed E-state index contributed by atoms with van der Waals surface area (Å²) in [6.07, 6.45) is 1.94. The van der Waals surface area contributed by atoms with Crippen molar-refractivity contribution in [2.24, 2.45) is 0 Å². The van der Waals surface area contributed by atoms with Gasteiger partial charge in [-0.3, -0.25) is 10.1 Å². The fourth-order valence-electron chi connectivity index (χ4n) is 1.90. The average Bonchev–Trinajstić information content (AvgIpc) is 2.42. The van der Waals surface area contributed by atoms with Gasteiger partial charge in [-0.25, -0.2) is 0 Å². The molecule has 0 saturated heterocycles. The van der Waals surface area contributed by atoms with Crippen molar-refractivity contribution in [2.45, 2.75) is 13.3 Å². The maximum atomic E-state index is 11.2. The summed E-state index contributed by atoms with van der Waals surface area (Å²) in [5.74, 6) is 0. The van der Waals surface area contributed by atoms with Crippen LogP contribution in [0.3, 0.4) is 0 Å². The van der Waals surface area contributed by atoms with Crippen LogP contribution in [0.4, 0.5) is 0 Å². The zero-order chi connectivity index (χ0) is 14.5. The van der Waals surface area contributed by atoms with Crippen LogP contribution in [0.15, 0.2) is 58.7 Å². The van der Waals surface area contributed by atoms with Crippen LogP contribution in [0, 0.1) is 17.0 Å². The van der Waals surface area contributed by atoms with Gasteiger partial charge in [0.25, 0.3) is 5.70 Å². The Bertz CT molecular complexity index is 651. The monoisotopic (exact) mass is 331 g/mol. The number of hydrogen-bond acceptors (Lipinski definition) is 2. The number of aryl methyl sites for hydroxylation is 1. The zero-order valence-electron chi connectivity index (χ0n) is 11.0. The van der Waals surface area contributed by atoms with Crippen LogP contribution in [0.25, 0.3) is 6.08 Å². The van der Waals surface area contributed by atoms with Crippen molar-refractivity contribution >= 4 is 22.0 Å². The van der Waals surface area contributed by atoms with Gasteiger partial charge in [-0.1, -0.05) is 58.4 Å². The predicted octanol–water partition coefficient (Wildman–Crippen LogP) is 4.62. The lowest BCUT2D eigenvalue weighted by Gasteiger charge is -2.03. The first-order valence-corrected chi connectivity index (χ1v) is 7.00. The van der Waals surface area contributed by atoms with Gasteiger partial charge in [-0.15, -0.1) is 0 Å². The van der Waals surface area contributed by atoms with Gasteiger partial charge >= 0.3 is 0 Å². The highest BCUT2D eigenvalue weighted by Crippen LogP contribution is 2.22. The van der Waals surface area contributed by atoms with Crippen LogP contribution in [0.2, 0.25) is 0 Å². The molecule has 0 amide bonds. The topological polar surface area (TPSA) is 43.1 Å². The second kappa shape index (κ2) is 6.48. The summed E-state index contributed by atoms with van der Waals surface area (Å²) in [5, 5.41) is 11.2. The Hall–Kier alpha value is -1.94. The normalized spacial score (nSPS) is 11.4. The van der Waals surface area contributed by atoms with E-state index in [1.165, 1.54) is 0 Å². The lowest BCUT2D eigenvalue weighted by atomic mass is 10.1. The molecule has 0 aromatic heterocycles. The van der Waals surface area contributed by atoms with Crippen LogP contribution in [0.1, 0.15) is 16.7 Å². The molecule has 0 bridgehead atoms. The van der Waals surface area contributed by atoms with E-state index in [-0.39, 0.29) is 10.6 Å². The Labute approximate surface area is 126 Å². The quantitative estimate of drug-likeness (QED) is 0.606. The molecule has 20 heavy (non-hydrogen) atoms. The third-order valence-electron chi connectivity index (χ3n) is 2.94. The fourth-order valence-corrected chi connectivity index (χ4v) is 2.51. The first-order valence-electron chi connectivity index (χ1n) is 6.21. The number of rotatable bonds is 4. The molecule has 0 radical (unpaired) electrons. The Morgan fingerprint density at radius 3 is 2.55 bits per heavy atom. The second-order valence-electron chi connectivity index (χ2n) is 4.58. The van der Waals surface area contributed by atoms with Crippen molar-refractivity contribution in [1.29, 1.82) is 0 Å². The van der Waals surface area contributed by atoms with Crippen molar-refractivity contribution in [2.75, 3.05) is 0 Å². The summed E-state index contributed by atoms with van der Waals surface area (Å²) >= 11 is 3.44. The second-order valence-corrected chi connectivity index (χ2v) is 5.43. The summed E-state index contributed by atoms with van der Waals surface area (Å²) < 4.78 is 0.866. The van der Waals surface area contributed by atoms with Gasteiger partial charge in [0.2, 0.25) is 0 Å². The van der Waals surface area contributed by atoms with E-state index >= 15 is 0 Å². The molecule has 4 heteroatoms. The summed E-state index contributed by atoms with van der Waals surface area (Å²) in [7, 11) is 0. The molecule has 3 nitrogen and oxygen atoms in total. The zero-order valence-corrected chi connectivity index (χ0v) is 12.6. The van der Waals surface area contributed by atoms with Crippen molar-refractivity contribution < 1.29 is 4.92 Å². The number of allylic oxidation sites excluding steroid dienone is 1. The minimum atomic E-state index is -0.320. The van der Waals surface area contributed by atoms with Crippen molar-refractivity contribution in [3.8, 4) is 0 Å². The highest BCUT2D eigenvalue weighted by molar-refractivity contribution is 9.10. The van der Waals surface area contributed by atoms with E-state index in [1.54, 1.807) is 6.08 Å². The lowest BCUT2D eigenvalue weighted by Crippen LogP contribution is -2.02. The summed E-state index contributed by atoms with van der Waals surface area (Å²) in [6, 6.07) is 15.2. The van der Waals surface area contributed by atoms with Crippen LogP contribution in [-0.4, -0.2) is 4.92 Å². The molecule has 0 saturated carbocycles. The number of nitro groups is 1. The number of benzene rings is 2. The van der Waals surface area contributed by atoms with E-state index in [2.05, 4.69) is 15.9 Å². The minimum Gasteiger partial charge on any atom is -0.259 e. The van der Waals surface area contributed by atoms with Crippen LogP contribution in [-0.2, 0) is 6.42 Å². The van der Waals surface area contributed by atoms with Crippen molar-refractivity contribution in [1.82, 2.24) is 0 Å². The largest absolute Gasteiger partial charge is 0.259 e. The van der Waals surface area contributed by atoms with E-state index in [4.69, 9.17) is 0 Å². The Morgan fingerprint density at radius 1 is 1.25 bits per heavy atom. The lowest BCUT2D eigenvalue weighted by molar-refractivity contribution is -0.425. The van der Waals surface area contributed by atoms with Gasteiger partial charge in [0.05, 0.1) is 11.3 Å². The predicted molar refractivity (Wildman–Crippen MR) is 84.0 cm³/mol. The first-order chi connectivity index (χ1) is 9.56. The molecule has 0 fully saturated rings. The highest BCUT2D eigenvalue weighted by Gasteiger charge is 2.12. The fraction of sp³-hybridized carbons (Fsp3) is 0.125. The molecule has 0 aliphatic carbocycles. The number of nitrogens with zero attached hydrogens (tertiary/aromatic N) is 1. The Morgan fingerprint density at radius 2 is 1.95 bits per heavy atom. The summed E-state index contributed by atoms with van der Waals surface area (Å²) in [4.78, 5) is 10.9. The minimum absolute atomic E-state index is 0.181. The molecule has 2 aromatic rings. The van der Waals surface area contributed by atoms with Gasteiger partial charge < -0.3 is 0 Å². The third kappa shape index (κ3) is 3.78. The standard InChI is InChI=1S/C16H14BrNO2/c1-12-7-8-14(16(17)9-12)11-15(18(19)20)10-13-5-3-2-4-6-13/h2-9,11H,10H2,1H3/b15-11-. The van der Waals surface area contributed by atoms with E-state index in [0.717, 1.165) is 21.2 Å². The molecule has 102 valence electrons. The molecule has 0 unspecified atom stereocenters. The Kier molecular flexibility index (Phi) is 4.69. The van der Waals surface area contributed by atoms with E-state index in [1.807, 2.05) is 55.5 Å². The molecule has 2 aromatic carbocycles. The van der Waals surface area contributed by atoms with E-state index in [0.29, 0.717) is 6.42 Å². The molecular weight excluding hydrogens is 318 g/mol. The number of hydrogen-bond donors (Lipinski definition) is 0. The Balaban J connectivity index is 2.33.